The van der Waals surface area contributed by atoms with E-state index >= 15 is 0 Å². The minimum Gasteiger partial charge on any atom is -0.384 e. The Hall–Kier alpha value is -3.95. The molecule has 0 aliphatic carbocycles. The zero-order valence-corrected chi connectivity index (χ0v) is 14.7. The van der Waals surface area contributed by atoms with Crippen molar-refractivity contribution in [3.63, 3.8) is 0 Å². The highest BCUT2D eigenvalue weighted by molar-refractivity contribution is 5.81. The van der Waals surface area contributed by atoms with Gasteiger partial charge in [-0.15, -0.1) is 0 Å². The zero-order chi connectivity index (χ0) is 20.6. The number of nitrogen functional groups attached to an aromatic ring is 1. The number of aromatic nitrogens is 5. The van der Waals surface area contributed by atoms with Gasteiger partial charge in [0.15, 0.2) is 5.82 Å². The molecule has 4 aromatic rings. The van der Waals surface area contributed by atoms with Crippen molar-refractivity contribution < 1.29 is 13.2 Å². The monoisotopic (exact) mass is 398 g/mol. The first-order valence-corrected chi connectivity index (χ1v) is 8.36. The molecule has 7 nitrogen and oxygen atoms in total. The standard InChI is InChI=1S/C19H13F3N6O/c20-19(21,22)13-3-1-2-12(8-13)18-14(11-6-7-24-15(23)9-11)10-28(27-18)16-4-5-17(29)26-25-16/h1-10H,(H2,23,24)(H,26,29). The Kier molecular flexibility index (Phi) is 4.38. The molecular weight excluding hydrogens is 385 g/mol. The Morgan fingerprint density at radius 2 is 1.86 bits per heavy atom. The Balaban J connectivity index is 1.92. The van der Waals surface area contributed by atoms with Crippen LogP contribution in [0.5, 0.6) is 0 Å². The van der Waals surface area contributed by atoms with Crippen LogP contribution in [0.2, 0.25) is 0 Å². The molecule has 0 bridgehead atoms. The van der Waals surface area contributed by atoms with Gasteiger partial charge < -0.3 is 5.73 Å². The van der Waals surface area contributed by atoms with Crippen molar-refractivity contribution in [3.05, 3.63) is 76.8 Å². The fourth-order valence-corrected chi connectivity index (χ4v) is 2.84. The van der Waals surface area contributed by atoms with Gasteiger partial charge in [-0.05, 0) is 35.9 Å². The van der Waals surface area contributed by atoms with Crippen LogP contribution in [0.25, 0.3) is 28.2 Å². The predicted molar refractivity (Wildman–Crippen MR) is 100 cm³/mol. The number of nitrogens with zero attached hydrogens (tertiary/aromatic N) is 4. The number of benzene rings is 1. The number of pyridine rings is 1. The smallest absolute Gasteiger partial charge is 0.384 e. The highest BCUT2D eigenvalue weighted by Gasteiger charge is 2.31. The third-order valence-corrected chi connectivity index (χ3v) is 4.17. The van der Waals surface area contributed by atoms with Gasteiger partial charge in [0.05, 0.1) is 5.56 Å². The molecule has 146 valence electrons. The summed E-state index contributed by atoms with van der Waals surface area (Å²) in [4.78, 5) is 15.2. The molecule has 29 heavy (non-hydrogen) atoms. The van der Waals surface area contributed by atoms with Crippen LogP contribution in [0, 0.1) is 0 Å². The van der Waals surface area contributed by atoms with Gasteiger partial charge in [-0.25, -0.2) is 14.8 Å². The van der Waals surface area contributed by atoms with Gasteiger partial charge in [0.25, 0.3) is 5.56 Å². The number of hydrogen-bond acceptors (Lipinski definition) is 5. The average molecular weight is 398 g/mol. The molecule has 3 heterocycles. The van der Waals surface area contributed by atoms with E-state index in [1.54, 1.807) is 18.3 Å². The van der Waals surface area contributed by atoms with Crippen molar-refractivity contribution in [2.45, 2.75) is 6.18 Å². The molecule has 10 heteroatoms. The van der Waals surface area contributed by atoms with E-state index in [9.17, 15) is 18.0 Å². The number of H-pyrrole nitrogens is 1. The van der Waals surface area contributed by atoms with Crippen LogP contribution in [-0.4, -0.2) is 25.0 Å². The van der Waals surface area contributed by atoms with Crippen molar-refractivity contribution in [2.24, 2.45) is 0 Å². The molecule has 0 fully saturated rings. The van der Waals surface area contributed by atoms with Gasteiger partial charge in [-0.3, -0.25) is 4.79 Å². The summed E-state index contributed by atoms with van der Waals surface area (Å²) in [5, 5.41) is 10.6. The summed E-state index contributed by atoms with van der Waals surface area (Å²) in [7, 11) is 0. The van der Waals surface area contributed by atoms with Gasteiger partial charge in [0, 0.05) is 29.6 Å². The fourth-order valence-electron chi connectivity index (χ4n) is 2.84. The summed E-state index contributed by atoms with van der Waals surface area (Å²) in [6.45, 7) is 0. The Morgan fingerprint density at radius 3 is 2.55 bits per heavy atom. The molecule has 0 saturated heterocycles. The topological polar surface area (TPSA) is 102 Å². The molecule has 0 amide bonds. The maximum absolute atomic E-state index is 13.2. The van der Waals surface area contributed by atoms with Crippen molar-refractivity contribution in [1.82, 2.24) is 25.0 Å². The van der Waals surface area contributed by atoms with Gasteiger partial charge in [-0.1, -0.05) is 12.1 Å². The molecular formula is C19H13F3N6O. The summed E-state index contributed by atoms with van der Waals surface area (Å²) >= 11 is 0. The molecule has 0 atom stereocenters. The second-order valence-electron chi connectivity index (χ2n) is 6.16. The van der Waals surface area contributed by atoms with Crippen LogP contribution >= 0.6 is 0 Å². The lowest BCUT2D eigenvalue weighted by atomic mass is 10.0. The predicted octanol–water partition coefficient (Wildman–Crippen LogP) is 3.29. The lowest BCUT2D eigenvalue weighted by Gasteiger charge is -2.09. The number of aromatic amines is 1. The first kappa shape index (κ1) is 18.4. The molecule has 1 aromatic carbocycles. The summed E-state index contributed by atoms with van der Waals surface area (Å²) in [6, 6.07) is 10.9. The quantitative estimate of drug-likeness (QED) is 0.551. The number of nitrogens with one attached hydrogen (secondary N) is 1. The maximum Gasteiger partial charge on any atom is 0.416 e. The van der Waals surface area contributed by atoms with Crippen molar-refractivity contribution in [2.75, 3.05) is 5.73 Å². The lowest BCUT2D eigenvalue weighted by Crippen LogP contribution is -2.09. The molecule has 3 N–H and O–H groups in total. The van der Waals surface area contributed by atoms with Crippen LogP contribution < -0.4 is 11.3 Å². The van der Waals surface area contributed by atoms with E-state index in [4.69, 9.17) is 5.73 Å². The van der Waals surface area contributed by atoms with Crippen LogP contribution in [0.1, 0.15) is 5.56 Å². The SMILES string of the molecule is Nc1cc(-c2cn(-c3ccc(=O)[nH]n3)nc2-c2cccc(C(F)(F)F)c2)ccn1. The third kappa shape index (κ3) is 3.72. The van der Waals surface area contributed by atoms with Crippen LogP contribution in [0.3, 0.4) is 0 Å². The number of halogens is 3. The second-order valence-corrected chi connectivity index (χ2v) is 6.16. The highest BCUT2D eigenvalue weighted by atomic mass is 19.4. The van der Waals surface area contributed by atoms with Gasteiger partial charge in [0.2, 0.25) is 0 Å². The molecule has 0 aliphatic heterocycles. The van der Waals surface area contributed by atoms with Crippen LogP contribution in [-0.2, 0) is 6.18 Å². The van der Waals surface area contributed by atoms with Gasteiger partial charge in [0.1, 0.15) is 11.5 Å². The number of hydrogen-bond donors (Lipinski definition) is 2. The molecule has 0 spiro atoms. The van der Waals surface area contributed by atoms with E-state index in [0.717, 1.165) is 12.1 Å². The Morgan fingerprint density at radius 1 is 1.03 bits per heavy atom. The van der Waals surface area contributed by atoms with E-state index < -0.39 is 11.7 Å². The number of alkyl halides is 3. The molecule has 0 radical (unpaired) electrons. The van der Waals surface area contributed by atoms with E-state index in [0.29, 0.717) is 22.6 Å². The first-order chi connectivity index (χ1) is 13.8. The maximum atomic E-state index is 13.2. The van der Waals surface area contributed by atoms with Crippen molar-refractivity contribution in [3.8, 4) is 28.2 Å². The average Bonchev–Trinajstić information content (AvgIpc) is 3.13. The Bertz CT molecular complexity index is 1220. The van der Waals surface area contributed by atoms with E-state index in [-0.39, 0.29) is 16.9 Å². The fraction of sp³-hybridized carbons (Fsp3) is 0.0526. The van der Waals surface area contributed by atoms with Crippen LogP contribution in [0.15, 0.2) is 65.7 Å². The van der Waals surface area contributed by atoms with Gasteiger partial charge in [-0.2, -0.15) is 23.4 Å². The summed E-state index contributed by atoms with van der Waals surface area (Å²) in [6.07, 6.45) is -1.39. The highest BCUT2D eigenvalue weighted by Crippen LogP contribution is 2.36. The molecule has 3 aromatic heterocycles. The van der Waals surface area contributed by atoms with Crippen molar-refractivity contribution >= 4 is 5.82 Å². The number of nitrogens with two attached hydrogens (primary N) is 1. The zero-order valence-electron chi connectivity index (χ0n) is 14.7. The van der Waals surface area contributed by atoms with Crippen LogP contribution in [0.4, 0.5) is 19.0 Å². The second kappa shape index (κ2) is 6.89. The minimum atomic E-state index is -4.49. The lowest BCUT2D eigenvalue weighted by molar-refractivity contribution is -0.137. The van der Waals surface area contributed by atoms with E-state index in [1.165, 1.54) is 35.1 Å². The summed E-state index contributed by atoms with van der Waals surface area (Å²) in [5.74, 6) is 0.554. The normalized spacial score (nSPS) is 11.6. The summed E-state index contributed by atoms with van der Waals surface area (Å²) < 4.78 is 40.9. The number of rotatable bonds is 3. The molecule has 0 aliphatic rings. The third-order valence-electron chi connectivity index (χ3n) is 4.17. The first-order valence-electron chi connectivity index (χ1n) is 8.36. The molecule has 0 saturated carbocycles. The van der Waals surface area contributed by atoms with Gasteiger partial charge >= 0.3 is 6.18 Å². The molecule has 4 rings (SSSR count). The molecule has 0 unspecified atom stereocenters. The minimum absolute atomic E-state index is 0.257. The number of anilines is 1. The Labute approximate surface area is 161 Å². The van der Waals surface area contributed by atoms with E-state index in [1.807, 2.05) is 0 Å². The van der Waals surface area contributed by atoms with Crippen molar-refractivity contribution in [1.29, 1.82) is 0 Å². The largest absolute Gasteiger partial charge is 0.416 e. The summed E-state index contributed by atoms with van der Waals surface area (Å²) in [5.41, 5.74) is 6.32. The van der Waals surface area contributed by atoms with E-state index in [2.05, 4.69) is 20.3 Å².